The van der Waals surface area contributed by atoms with E-state index in [4.69, 9.17) is 0 Å². The lowest BCUT2D eigenvalue weighted by molar-refractivity contribution is 0.0912. The molecule has 5 rings (SSSR count). The predicted octanol–water partition coefficient (Wildman–Crippen LogP) is 6.02. The lowest BCUT2D eigenvalue weighted by Gasteiger charge is -2.32. The van der Waals surface area contributed by atoms with Crippen molar-refractivity contribution in [3.05, 3.63) is 65.4 Å². The summed E-state index contributed by atoms with van der Waals surface area (Å²) in [6.45, 7) is 5.17. The Kier molecular flexibility index (Phi) is 8.40. The van der Waals surface area contributed by atoms with Gasteiger partial charge in [-0.25, -0.2) is 0 Å². The van der Waals surface area contributed by atoms with Gasteiger partial charge in [-0.15, -0.1) is 12.4 Å². The van der Waals surface area contributed by atoms with Crippen LogP contribution < -0.4 is 5.32 Å². The zero-order valence-electron chi connectivity index (χ0n) is 20.7. The van der Waals surface area contributed by atoms with Crippen molar-refractivity contribution < 1.29 is 9.90 Å². The molecule has 5 nitrogen and oxygen atoms in total. The van der Waals surface area contributed by atoms with E-state index >= 15 is 0 Å². The number of carbonyl (C=O) groups excluding carboxylic acids is 1. The Bertz CT molecular complexity index is 1130. The maximum absolute atomic E-state index is 13.5. The van der Waals surface area contributed by atoms with Crippen LogP contribution >= 0.6 is 12.4 Å². The van der Waals surface area contributed by atoms with Gasteiger partial charge in [0, 0.05) is 48.3 Å². The van der Waals surface area contributed by atoms with Gasteiger partial charge in [0.05, 0.1) is 5.56 Å². The highest BCUT2D eigenvalue weighted by Gasteiger charge is 2.27. The van der Waals surface area contributed by atoms with Gasteiger partial charge in [0.1, 0.15) is 5.75 Å². The van der Waals surface area contributed by atoms with Crippen LogP contribution in [0.2, 0.25) is 0 Å². The fraction of sp³-hybridized carbons (Fsp3) is 0.483. The molecule has 2 aromatic carbocycles. The number of benzene rings is 2. The summed E-state index contributed by atoms with van der Waals surface area (Å²) < 4.78 is 2.37. The number of fused-ring (bicyclic) bond motifs is 1. The zero-order chi connectivity index (χ0) is 23.5. The molecule has 2 heterocycles. The standard InChI is InChI=1S/C29H37N3O2.ClH/c1-21-28(26-20-25(33)12-13-27(26)32(21)24-10-6-3-7-11-24)29(34)30-23-15-18-31(19-16-23)17-14-22-8-4-2-5-9-22;/h2,4-5,8-9,12-13,20,23-24,33H,3,6-7,10-11,14-19H2,1H3,(H,30,34);1H. The summed E-state index contributed by atoms with van der Waals surface area (Å²) in [5.74, 6) is 0.222. The normalized spacial score (nSPS) is 17.9. The number of phenols is 1. The van der Waals surface area contributed by atoms with Gasteiger partial charge in [0.25, 0.3) is 5.91 Å². The van der Waals surface area contributed by atoms with E-state index in [9.17, 15) is 9.90 Å². The second-order valence-corrected chi connectivity index (χ2v) is 10.1. The molecule has 35 heavy (non-hydrogen) atoms. The molecule has 1 amide bonds. The van der Waals surface area contributed by atoms with Gasteiger partial charge in [-0.3, -0.25) is 4.79 Å². The Morgan fingerprint density at radius 3 is 2.43 bits per heavy atom. The van der Waals surface area contributed by atoms with Gasteiger partial charge in [0.15, 0.2) is 0 Å². The van der Waals surface area contributed by atoms with Crippen LogP contribution in [0.3, 0.4) is 0 Å². The zero-order valence-corrected chi connectivity index (χ0v) is 21.5. The molecule has 1 aromatic heterocycles. The van der Waals surface area contributed by atoms with Gasteiger partial charge in [-0.1, -0.05) is 49.6 Å². The molecule has 0 bridgehead atoms. The van der Waals surface area contributed by atoms with Crippen molar-refractivity contribution in [2.45, 2.75) is 70.4 Å². The first-order valence-electron chi connectivity index (χ1n) is 13.0. The third-order valence-electron chi connectivity index (χ3n) is 7.88. The van der Waals surface area contributed by atoms with E-state index in [1.807, 2.05) is 6.07 Å². The smallest absolute Gasteiger partial charge is 0.253 e. The second-order valence-electron chi connectivity index (χ2n) is 10.1. The number of rotatable bonds is 6. The summed E-state index contributed by atoms with van der Waals surface area (Å²) in [5.41, 5.74) is 4.22. The van der Waals surface area contributed by atoms with Crippen molar-refractivity contribution in [3.63, 3.8) is 0 Å². The third-order valence-corrected chi connectivity index (χ3v) is 7.88. The maximum atomic E-state index is 13.5. The number of phenolic OH excluding ortho intramolecular Hbond substituents is 1. The minimum atomic E-state index is 0. The molecule has 0 spiro atoms. The Labute approximate surface area is 214 Å². The molecule has 2 aliphatic rings. The molecular formula is C29H38ClN3O2. The molecule has 6 heteroatoms. The van der Waals surface area contributed by atoms with Gasteiger partial charge in [-0.2, -0.15) is 0 Å². The van der Waals surface area contributed by atoms with Gasteiger partial charge in [0.2, 0.25) is 0 Å². The van der Waals surface area contributed by atoms with Crippen LogP contribution in [0.15, 0.2) is 48.5 Å². The summed E-state index contributed by atoms with van der Waals surface area (Å²) in [4.78, 5) is 16.0. The molecule has 0 unspecified atom stereocenters. The quantitative estimate of drug-likeness (QED) is 0.439. The summed E-state index contributed by atoms with van der Waals surface area (Å²) in [5, 5.41) is 14.4. The van der Waals surface area contributed by atoms with Crippen LogP contribution in [0.25, 0.3) is 10.9 Å². The van der Waals surface area contributed by atoms with Crippen molar-refractivity contribution in [1.29, 1.82) is 0 Å². The first kappa shape index (κ1) is 25.6. The summed E-state index contributed by atoms with van der Waals surface area (Å²) >= 11 is 0. The van der Waals surface area contributed by atoms with Crippen molar-refractivity contribution in [3.8, 4) is 5.75 Å². The Balaban J connectivity index is 0.00000289. The van der Waals surface area contributed by atoms with Crippen molar-refractivity contribution >= 4 is 29.2 Å². The Hall–Kier alpha value is -2.50. The van der Waals surface area contributed by atoms with Crippen molar-refractivity contribution in [2.24, 2.45) is 0 Å². The SMILES string of the molecule is Cc1c(C(=O)NC2CCN(CCc3ccccc3)CC2)c2cc(O)ccc2n1C1CCCCC1.Cl. The lowest BCUT2D eigenvalue weighted by Crippen LogP contribution is -2.45. The fourth-order valence-electron chi connectivity index (χ4n) is 6.02. The van der Waals surface area contributed by atoms with Gasteiger partial charge >= 0.3 is 0 Å². The number of aromatic hydroxyl groups is 1. The van der Waals surface area contributed by atoms with E-state index in [1.54, 1.807) is 12.1 Å². The van der Waals surface area contributed by atoms with Crippen LogP contribution in [-0.2, 0) is 6.42 Å². The average Bonchev–Trinajstić information content (AvgIpc) is 3.15. The topological polar surface area (TPSA) is 57.5 Å². The molecule has 2 N–H and O–H groups in total. The van der Waals surface area contributed by atoms with E-state index < -0.39 is 0 Å². The summed E-state index contributed by atoms with van der Waals surface area (Å²) in [6, 6.07) is 16.8. The van der Waals surface area contributed by atoms with Gasteiger partial charge in [-0.05, 0) is 62.8 Å². The van der Waals surface area contributed by atoms with E-state index in [2.05, 4.69) is 52.0 Å². The van der Waals surface area contributed by atoms with Crippen LogP contribution in [0.4, 0.5) is 0 Å². The highest BCUT2D eigenvalue weighted by atomic mass is 35.5. The highest BCUT2D eigenvalue weighted by Crippen LogP contribution is 2.37. The maximum Gasteiger partial charge on any atom is 0.253 e. The van der Waals surface area contributed by atoms with E-state index in [0.29, 0.717) is 6.04 Å². The van der Waals surface area contributed by atoms with E-state index in [1.165, 1.54) is 24.8 Å². The summed E-state index contributed by atoms with van der Waals surface area (Å²) in [6.07, 6.45) is 9.13. The number of carbonyl (C=O) groups is 1. The number of nitrogens with zero attached hydrogens (tertiary/aromatic N) is 2. The number of hydrogen-bond acceptors (Lipinski definition) is 3. The van der Waals surface area contributed by atoms with Crippen LogP contribution in [0.1, 0.15) is 72.6 Å². The summed E-state index contributed by atoms with van der Waals surface area (Å²) in [7, 11) is 0. The number of halogens is 1. The Morgan fingerprint density at radius 2 is 1.71 bits per heavy atom. The number of piperidine rings is 1. The number of hydrogen-bond donors (Lipinski definition) is 2. The van der Waals surface area contributed by atoms with Gasteiger partial charge < -0.3 is 19.9 Å². The highest BCUT2D eigenvalue weighted by molar-refractivity contribution is 6.09. The van der Waals surface area contributed by atoms with Crippen LogP contribution in [0, 0.1) is 6.92 Å². The first-order valence-corrected chi connectivity index (χ1v) is 13.0. The molecule has 188 valence electrons. The fourth-order valence-corrected chi connectivity index (χ4v) is 6.02. The molecular weight excluding hydrogens is 458 g/mol. The molecule has 1 aliphatic heterocycles. The first-order chi connectivity index (χ1) is 16.6. The number of amides is 1. The Morgan fingerprint density at radius 1 is 1.00 bits per heavy atom. The molecule has 0 atom stereocenters. The number of aromatic nitrogens is 1. The minimum Gasteiger partial charge on any atom is -0.508 e. The van der Waals surface area contributed by atoms with E-state index in [-0.39, 0.29) is 30.1 Å². The molecule has 2 fully saturated rings. The molecule has 0 radical (unpaired) electrons. The molecule has 1 saturated carbocycles. The average molecular weight is 496 g/mol. The third kappa shape index (κ3) is 5.68. The molecule has 1 saturated heterocycles. The number of nitrogens with one attached hydrogen (secondary N) is 1. The molecule has 1 aliphatic carbocycles. The van der Waals surface area contributed by atoms with Crippen LogP contribution in [-0.4, -0.2) is 46.2 Å². The predicted molar refractivity (Wildman–Crippen MR) is 145 cm³/mol. The minimum absolute atomic E-state index is 0. The van der Waals surface area contributed by atoms with Crippen LogP contribution in [0.5, 0.6) is 5.75 Å². The largest absolute Gasteiger partial charge is 0.508 e. The van der Waals surface area contributed by atoms with Crippen molar-refractivity contribution in [2.75, 3.05) is 19.6 Å². The lowest BCUT2D eigenvalue weighted by atomic mass is 9.95. The number of likely N-dealkylation sites (tertiary alicyclic amines) is 1. The molecule has 3 aromatic rings. The van der Waals surface area contributed by atoms with E-state index in [0.717, 1.165) is 73.9 Å². The van der Waals surface area contributed by atoms with Crippen molar-refractivity contribution in [1.82, 2.24) is 14.8 Å². The monoisotopic (exact) mass is 495 g/mol. The second kappa shape index (κ2) is 11.5.